The summed E-state index contributed by atoms with van der Waals surface area (Å²) in [6, 6.07) is 3.41. The average Bonchev–Trinajstić information content (AvgIpc) is 3.04. The van der Waals surface area contributed by atoms with Crippen molar-refractivity contribution >= 4 is 33.1 Å². The second-order valence-electron chi connectivity index (χ2n) is 4.75. The van der Waals surface area contributed by atoms with Gasteiger partial charge in [-0.2, -0.15) is 11.8 Å². The van der Waals surface area contributed by atoms with Crippen molar-refractivity contribution in [2.45, 2.75) is 23.2 Å². The van der Waals surface area contributed by atoms with Gasteiger partial charge in [0.05, 0.1) is 18.8 Å². The van der Waals surface area contributed by atoms with E-state index in [1.54, 1.807) is 23.9 Å². The normalized spacial score (nSPS) is 23.3. The number of sulfonamides is 1. The SMILES string of the molecule is Cc1ccc(S(=O)(=O)NCC2(OCCO)CCSC2)s1. The molecule has 5 nitrogen and oxygen atoms in total. The highest BCUT2D eigenvalue weighted by Gasteiger charge is 2.36. The molecule has 1 aromatic heterocycles. The fourth-order valence-electron chi connectivity index (χ4n) is 2.01. The van der Waals surface area contributed by atoms with Crippen molar-refractivity contribution in [2.75, 3.05) is 31.3 Å². The van der Waals surface area contributed by atoms with Crippen LogP contribution in [-0.2, 0) is 14.8 Å². The smallest absolute Gasteiger partial charge is 0.250 e. The van der Waals surface area contributed by atoms with Crippen LogP contribution in [0.3, 0.4) is 0 Å². The molecular formula is C12H19NO4S3. The molecule has 0 radical (unpaired) electrons. The topological polar surface area (TPSA) is 75.6 Å². The number of thioether (sulfide) groups is 1. The number of aliphatic hydroxyl groups is 1. The zero-order valence-corrected chi connectivity index (χ0v) is 13.7. The third kappa shape index (κ3) is 3.96. The number of aliphatic hydroxyl groups excluding tert-OH is 1. The van der Waals surface area contributed by atoms with Crippen LogP contribution in [-0.4, -0.2) is 50.4 Å². The summed E-state index contributed by atoms with van der Waals surface area (Å²) in [6.45, 7) is 2.31. The second kappa shape index (κ2) is 6.76. The van der Waals surface area contributed by atoms with Crippen LogP contribution in [0.2, 0.25) is 0 Å². The number of nitrogens with one attached hydrogen (secondary N) is 1. The Morgan fingerprint density at radius 1 is 1.50 bits per heavy atom. The van der Waals surface area contributed by atoms with E-state index >= 15 is 0 Å². The lowest BCUT2D eigenvalue weighted by Crippen LogP contribution is -2.45. The highest BCUT2D eigenvalue weighted by molar-refractivity contribution is 7.99. The Kier molecular flexibility index (Phi) is 5.49. The van der Waals surface area contributed by atoms with Crippen molar-refractivity contribution in [1.82, 2.24) is 4.72 Å². The zero-order valence-electron chi connectivity index (χ0n) is 11.3. The maximum absolute atomic E-state index is 12.2. The first kappa shape index (κ1) is 16.3. The molecular weight excluding hydrogens is 318 g/mol. The quantitative estimate of drug-likeness (QED) is 0.782. The van der Waals surface area contributed by atoms with E-state index in [-0.39, 0.29) is 19.8 Å². The first-order valence-electron chi connectivity index (χ1n) is 6.36. The molecule has 1 fully saturated rings. The van der Waals surface area contributed by atoms with E-state index in [9.17, 15) is 8.42 Å². The van der Waals surface area contributed by atoms with Crippen LogP contribution in [0.1, 0.15) is 11.3 Å². The summed E-state index contributed by atoms with van der Waals surface area (Å²) in [5.74, 6) is 1.70. The summed E-state index contributed by atoms with van der Waals surface area (Å²) in [6.07, 6.45) is 0.795. The number of aryl methyl sites for hydroxylation is 1. The highest BCUT2D eigenvalue weighted by Crippen LogP contribution is 2.31. The van der Waals surface area contributed by atoms with E-state index in [0.29, 0.717) is 4.21 Å². The van der Waals surface area contributed by atoms with E-state index in [4.69, 9.17) is 9.84 Å². The van der Waals surface area contributed by atoms with E-state index in [2.05, 4.69) is 4.72 Å². The van der Waals surface area contributed by atoms with Crippen LogP contribution >= 0.6 is 23.1 Å². The van der Waals surface area contributed by atoms with Crippen molar-refractivity contribution in [2.24, 2.45) is 0 Å². The Morgan fingerprint density at radius 2 is 2.30 bits per heavy atom. The van der Waals surface area contributed by atoms with Gasteiger partial charge in [0.15, 0.2) is 0 Å². The molecule has 8 heteroatoms. The summed E-state index contributed by atoms with van der Waals surface area (Å²) in [5, 5.41) is 8.88. The molecule has 20 heavy (non-hydrogen) atoms. The standard InChI is InChI=1S/C12H19NO4S3/c1-10-2-3-11(19-10)20(15,16)13-8-12(17-6-5-14)4-7-18-9-12/h2-3,13-14H,4-9H2,1H3. The van der Waals surface area contributed by atoms with Crippen LogP contribution in [0.15, 0.2) is 16.3 Å². The number of hydrogen-bond acceptors (Lipinski definition) is 6. The van der Waals surface area contributed by atoms with Gasteiger partial charge in [-0.3, -0.25) is 0 Å². The van der Waals surface area contributed by atoms with E-state index in [1.165, 1.54) is 11.3 Å². The Bertz CT molecular complexity index is 535. The van der Waals surface area contributed by atoms with Crippen LogP contribution in [0, 0.1) is 6.92 Å². The Hall–Kier alpha value is -0.120. The lowest BCUT2D eigenvalue weighted by atomic mass is 10.0. The van der Waals surface area contributed by atoms with E-state index in [0.717, 1.165) is 22.8 Å². The van der Waals surface area contributed by atoms with Crippen LogP contribution in [0.4, 0.5) is 0 Å². The Morgan fingerprint density at radius 3 is 2.85 bits per heavy atom. The zero-order chi connectivity index (χ0) is 14.6. The Labute approximate surface area is 127 Å². The maximum Gasteiger partial charge on any atom is 0.250 e. The minimum Gasteiger partial charge on any atom is -0.394 e. The lowest BCUT2D eigenvalue weighted by molar-refractivity contribution is -0.0358. The first-order valence-corrected chi connectivity index (χ1v) is 9.82. The van der Waals surface area contributed by atoms with Crippen molar-refractivity contribution < 1.29 is 18.3 Å². The monoisotopic (exact) mass is 337 g/mol. The molecule has 1 atom stereocenters. The molecule has 0 spiro atoms. The molecule has 1 aromatic rings. The molecule has 2 N–H and O–H groups in total. The fraction of sp³-hybridized carbons (Fsp3) is 0.667. The number of thiophene rings is 1. The van der Waals surface area contributed by atoms with Crippen LogP contribution < -0.4 is 4.72 Å². The third-order valence-corrected chi connectivity index (χ3v) is 7.25. The molecule has 1 unspecified atom stereocenters. The van der Waals surface area contributed by atoms with Crippen molar-refractivity contribution in [3.8, 4) is 0 Å². The highest BCUT2D eigenvalue weighted by atomic mass is 32.2. The van der Waals surface area contributed by atoms with Gasteiger partial charge in [-0.15, -0.1) is 11.3 Å². The minimum atomic E-state index is -3.47. The van der Waals surface area contributed by atoms with E-state index < -0.39 is 15.6 Å². The van der Waals surface area contributed by atoms with Gasteiger partial charge in [0, 0.05) is 17.2 Å². The van der Waals surface area contributed by atoms with Gasteiger partial charge in [0.2, 0.25) is 10.0 Å². The molecule has 1 aliphatic heterocycles. The molecule has 0 aliphatic carbocycles. The molecule has 1 aliphatic rings. The second-order valence-corrected chi connectivity index (χ2v) is 9.13. The lowest BCUT2D eigenvalue weighted by Gasteiger charge is -2.28. The maximum atomic E-state index is 12.2. The number of rotatable bonds is 7. The van der Waals surface area contributed by atoms with Crippen molar-refractivity contribution in [3.05, 3.63) is 17.0 Å². The number of hydrogen-bond donors (Lipinski definition) is 2. The van der Waals surface area contributed by atoms with Gasteiger partial charge in [-0.25, -0.2) is 13.1 Å². The molecule has 2 heterocycles. The summed E-state index contributed by atoms with van der Waals surface area (Å²) in [5.41, 5.74) is -0.493. The third-order valence-electron chi connectivity index (χ3n) is 3.13. The van der Waals surface area contributed by atoms with Crippen LogP contribution in [0.25, 0.3) is 0 Å². The largest absolute Gasteiger partial charge is 0.394 e. The van der Waals surface area contributed by atoms with Crippen molar-refractivity contribution in [1.29, 1.82) is 0 Å². The summed E-state index contributed by atoms with van der Waals surface area (Å²) < 4.78 is 33.1. The van der Waals surface area contributed by atoms with Gasteiger partial charge in [0.25, 0.3) is 0 Å². The predicted octanol–water partition coefficient (Wildman–Crippen LogP) is 1.22. The Balaban J connectivity index is 2.02. The fourth-order valence-corrected chi connectivity index (χ4v) is 5.81. The van der Waals surface area contributed by atoms with Gasteiger partial charge in [-0.05, 0) is 31.2 Å². The van der Waals surface area contributed by atoms with Gasteiger partial charge in [-0.1, -0.05) is 0 Å². The predicted molar refractivity (Wildman–Crippen MR) is 82.0 cm³/mol. The van der Waals surface area contributed by atoms with Gasteiger partial charge in [0.1, 0.15) is 4.21 Å². The minimum absolute atomic E-state index is 0.0523. The van der Waals surface area contributed by atoms with E-state index in [1.807, 2.05) is 6.92 Å². The molecule has 1 saturated heterocycles. The molecule has 2 rings (SSSR count). The molecule has 0 aromatic carbocycles. The first-order chi connectivity index (χ1) is 9.47. The number of ether oxygens (including phenoxy) is 1. The molecule has 114 valence electrons. The molecule has 0 amide bonds. The van der Waals surface area contributed by atoms with Crippen LogP contribution in [0.5, 0.6) is 0 Å². The summed E-state index contributed by atoms with van der Waals surface area (Å²) in [7, 11) is -3.47. The average molecular weight is 337 g/mol. The molecule has 0 bridgehead atoms. The van der Waals surface area contributed by atoms with Gasteiger partial charge >= 0.3 is 0 Å². The summed E-state index contributed by atoms with van der Waals surface area (Å²) >= 11 is 3.00. The van der Waals surface area contributed by atoms with Gasteiger partial charge < -0.3 is 9.84 Å². The molecule has 0 saturated carbocycles. The van der Waals surface area contributed by atoms with Crippen molar-refractivity contribution in [3.63, 3.8) is 0 Å². The summed E-state index contributed by atoms with van der Waals surface area (Å²) in [4.78, 5) is 0.966.